The SMILES string of the molecule is O=C(CCc1c(Cl)cccc1Cl)NCc1ccco1. The highest BCUT2D eigenvalue weighted by Crippen LogP contribution is 2.25. The fourth-order valence-electron chi connectivity index (χ4n) is 1.70. The summed E-state index contributed by atoms with van der Waals surface area (Å²) in [6.45, 7) is 0.391. The fourth-order valence-corrected chi connectivity index (χ4v) is 2.28. The van der Waals surface area contributed by atoms with E-state index in [0.717, 1.165) is 11.3 Å². The van der Waals surface area contributed by atoms with Crippen LogP contribution in [0.15, 0.2) is 41.0 Å². The second-order valence-corrected chi connectivity index (χ2v) is 4.87. The Morgan fingerprint density at radius 1 is 1.16 bits per heavy atom. The van der Waals surface area contributed by atoms with Crippen LogP contribution in [0.25, 0.3) is 0 Å². The van der Waals surface area contributed by atoms with Crippen molar-refractivity contribution in [3.8, 4) is 0 Å². The number of hydrogen-bond donors (Lipinski definition) is 1. The molecule has 5 heteroatoms. The monoisotopic (exact) mass is 297 g/mol. The molecule has 0 bridgehead atoms. The van der Waals surface area contributed by atoms with Crippen LogP contribution in [0.3, 0.4) is 0 Å². The number of amides is 1. The van der Waals surface area contributed by atoms with Gasteiger partial charge in [-0.1, -0.05) is 29.3 Å². The van der Waals surface area contributed by atoms with E-state index in [-0.39, 0.29) is 5.91 Å². The van der Waals surface area contributed by atoms with Crippen LogP contribution in [0.5, 0.6) is 0 Å². The van der Waals surface area contributed by atoms with E-state index < -0.39 is 0 Å². The van der Waals surface area contributed by atoms with Crippen molar-refractivity contribution in [1.29, 1.82) is 0 Å². The standard InChI is InChI=1S/C14H13Cl2NO2/c15-12-4-1-5-13(16)11(12)6-7-14(18)17-9-10-3-2-8-19-10/h1-5,8H,6-7,9H2,(H,17,18). The minimum Gasteiger partial charge on any atom is -0.467 e. The van der Waals surface area contributed by atoms with Crippen molar-refractivity contribution in [3.63, 3.8) is 0 Å². The van der Waals surface area contributed by atoms with Crippen LogP contribution < -0.4 is 5.32 Å². The van der Waals surface area contributed by atoms with Gasteiger partial charge in [-0.05, 0) is 36.2 Å². The quantitative estimate of drug-likeness (QED) is 0.911. The third kappa shape index (κ3) is 4.01. The first kappa shape index (κ1) is 14.0. The molecule has 0 unspecified atom stereocenters. The summed E-state index contributed by atoms with van der Waals surface area (Å²) < 4.78 is 5.13. The minimum absolute atomic E-state index is 0.0626. The van der Waals surface area contributed by atoms with Crippen molar-refractivity contribution in [1.82, 2.24) is 5.32 Å². The zero-order chi connectivity index (χ0) is 13.7. The largest absolute Gasteiger partial charge is 0.467 e. The second-order valence-electron chi connectivity index (χ2n) is 4.06. The van der Waals surface area contributed by atoms with E-state index in [1.165, 1.54) is 0 Å². The molecule has 0 atom stereocenters. The first-order valence-electron chi connectivity index (χ1n) is 5.89. The summed E-state index contributed by atoms with van der Waals surface area (Å²) in [4.78, 5) is 11.7. The molecule has 19 heavy (non-hydrogen) atoms. The fraction of sp³-hybridized carbons (Fsp3) is 0.214. The zero-order valence-electron chi connectivity index (χ0n) is 10.2. The molecule has 0 fully saturated rings. The van der Waals surface area contributed by atoms with Gasteiger partial charge in [0, 0.05) is 16.5 Å². The van der Waals surface area contributed by atoms with Crippen LogP contribution in [0, 0.1) is 0 Å². The topological polar surface area (TPSA) is 42.2 Å². The Bertz CT molecular complexity index is 532. The maximum atomic E-state index is 11.7. The molecule has 2 rings (SSSR count). The van der Waals surface area contributed by atoms with Crippen molar-refractivity contribution in [3.05, 3.63) is 58.0 Å². The van der Waals surface area contributed by atoms with E-state index in [2.05, 4.69) is 5.32 Å². The van der Waals surface area contributed by atoms with Crippen molar-refractivity contribution in [2.45, 2.75) is 19.4 Å². The van der Waals surface area contributed by atoms with Crippen molar-refractivity contribution < 1.29 is 9.21 Å². The summed E-state index contributed by atoms with van der Waals surface area (Å²) >= 11 is 12.1. The Morgan fingerprint density at radius 3 is 2.53 bits per heavy atom. The molecule has 1 heterocycles. The zero-order valence-corrected chi connectivity index (χ0v) is 11.7. The van der Waals surface area contributed by atoms with Gasteiger partial charge >= 0.3 is 0 Å². The molecule has 0 aliphatic rings. The van der Waals surface area contributed by atoms with Gasteiger partial charge in [-0.25, -0.2) is 0 Å². The number of furan rings is 1. The number of hydrogen-bond acceptors (Lipinski definition) is 2. The van der Waals surface area contributed by atoms with E-state index in [9.17, 15) is 4.79 Å². The molecule has 1 N–H and O–H groups in total. The van der Waals surface area contributed by atoms with Gasteiger partial charge in [0.25, 0.3) is 0 Å². The molecular formula is C14H13Cl2NO2. The summed E-state index contributed by atoms with van der Waals surface area (Å²) in [5, 5.41) is 3.95. The molecule has 0 saturated heterocycles. The van der Waals surface area contributed by atoms with Gasteiger partial charge in [0.2, 0.25) is 5.91 Å². The summed E-state index contributed by atoms with van der Waals surface area (Å²) in [5.74, 6) is 0.663. The Balaban J connectivity index is 1.83. The molecule has 0 aliphatic heterocycles. The normalized spacial score (nSPS) is 10.4. The van der Waals surface area contributed by atoms with Gasteiger partial charge in [0.1, 0.15) is 5.76 Å². The lowest BCUT2D eigenvalue weighted by Gasteiger charge is -2.07. The van der Waals surface area contributed by atoms with Gasteiger partial charge < -0.3 is 9.73 Å². The van der Waals surface area contributed by atoms with E-state index in [1.54, 1.807) is 30.5 Å². The summed E-state index contributed by atoms with van der Waals surface area (Å²) in [6.07, 6.45) is 2.43. The Kier molecular flexibility index (Phi) is 4.88. The number of carbonyl (C=O) groups excluding carboxylic acids is 1. The predicted octanol–water partition coefficient (Wildman–Crippen LogP) is 3.84. The third-order valence-corrected chi connectivity index (χ3v) is 3.41. The highest BCUT2D eigenvalue weighted by Gasteiger charge is 2.08. The van der Waals surface area contributed by atoms with Crippen LogP contribution in [-0.4, -0.2) is 5.91 Å². The molecule has 100 valence electrons. The van der Waals surface area contributed by atoms with Crippen molar-refractivity contribution >= 4 is 29.1 Å². The van der Waals surface area contributed by atoms with Crippen LogP contribution in [0.2, 0.25) is 10.0 Å². The van der Waals surface area contributed by atoms with E-state index in [0.29, 0.717) is 29.4 Å². The third-order valence-electron chi connectivity index (χ3n) is 2.70. The number of rotatable bonds is 5. The van der Waals surface area contributed by atoms with Gasteiger partial charge in [-0.15, -0.1) is 0 Å². The van der Waals surface area contributed by atoms with Gasteiger partial charge in [-0.3, -0.25) is 4.79 Å². The van der Waals surface area contributed by atoms with E-state index in [1.807, 2.05) is 6.07 Å². The van der Waals surface area contributed by atoms with Gasteiger partial charge in [0.05, 0.1) is 12.8 Å². The number of nitrogens with one attached hydrogen (secondary N) is 1. The number of benzene rings is 1. The molecule has 2 aromatic rings. The molecule has 0 saturated carbocycles. The highest BCUT2D eigenvalue weighted by molar-refractivity contribution is 6.36. The molecule has 1 aromatic heterocycles. The summed E-state index contributed by atoms with van der Waals surface area (Å²) in [6, 6.07) is 8.91. The average molecular weight is 298 g/mol. The second kappa shape index (κ2) is 6.64. The van der Waals surface area contributed by atoms with Crippen LogP contribution in [-0.2, 0) is 17.8 Å². The van der Waals surface area contributed by atoms with E-state index >= 15 is 0 Å². The lowest BCUT2D eigenvalue weighted by molar-refractivity contribution is -0.121. The number of halogens is 2. The summed E-state index contributed by atoms with van der Waals surface area (Å²) in [5.41, 5.74) is 0.805. The minimum atomic E-state index is -0.0626. The molecule has 0 radical (unpaired) electrons. The molecular weight excluding hydrogens is 285 g/mol. The smallest absolute Gasteiger partial charge is 0.220 e. The average Bonchev–Trinajstić information content (AvgIpc) is 2.89. The lowest BCUT2D eigenvalue weighted by Crippen LogP contribution is -2.22. The first-order chi connectivity index (χ1) is 9.16. The van der Waals surface area contributed by atoms with Crippen molar-refractivity contribution in [2.24, 2.45) is 0 Å². The predicted molar refractivity (Wildman–Crippen MR) is 75.3 cm³/mol. The summed E-state index contributed by atoms with van der Waals surface area (Å²) in [7, 11) is 0. The maximum Gasteiger partial charge on any atom is 0.220 e. The van der Waals surface area contributed by atoms with Gasteiger partial charge in [-0.2, -0.15) is 0 Å². The molecule has 1 amide bonds. The Hall–Kier alpha value is -1.45. The first-order valence-corrected chi connectivity index (χ1v) is 6.64. The van der Waals surface area contributed by atoms with Crippen LogP contribution in [0.4, 0.5) is 0 Å². The Morgan fingerprint density at radius 2 is 1.89 bits per heavy atom. The lowest BCUT2D eigenvalue weighted by atomic mass is 10.1. The van der Waals surface area contributed by atoms with Crippen LogP contribution in [0.1, 0.15) is 17.7 Å². The molecule has 1 aromatic carbocycles. The number of carbonyl (C=O) groups is 1. The molecule has 3 nitrogen and oxygen atoms in total. The van der Waals surface area contributed by atoms with Crippen LogP contribution >= 0.6 is 23.2 Å². The van der Waals surface area contributed by atoms with Crippen molar-refractivity contribution in [2.75, 3.05) is 0 Å². The molecule has 0 spiro atoms. The van der Waals surface area contributed by atoms with Gasteiger partial charge in [0.15, 0.2) is 0 Å². The molecule has 0 aliphatic carbocycles. The van der Waals surface area contributed by atoms with E-state index in [4.69, 9.17) is 27.6 Å². The highest BCUT2D eigenvalue weighted by atomic mass is 35.5. The Labute approximate surface area is 121 Å². The maximum absolute atomic E-state index is 11.7.